The van der Waals surface area contributed by atoms with Crippen molar-refractivity contribution in [2.24, 2.45) is 11.8 Å². The lowest BCUT2D eigenvalue weighted by molar-refractivity contribution is -0.0647. The molecule has 1 heterocycles. The molecule has 0 aromatic carbocycles. The van der Waals surface area contributed by atoms with Gasteiger partial charge in [0.1, 0.15) is 0 Å². The zero-order chi connectivity index (χ0) is 13.0. The molecule has 18 heavy (non-hydrogen) atoms. The second kappa shape index (κ2) is 6.51. The highest BCUT2D eigenvalue weighted by molar-refractivity contribution is 4.99. The molecule has 4 unspecified atom stereocenters. The molecule has 2 aliphatic rings. The Morgan fingerprint density at radius 1 is 1.44 bits per heavy atom. The Morgan fingerprint density at radius 3 is 2.94 bits per heavy atom. The van der Waals surface area contributed by atoms with Gasteiger partial charge in [-0.15, -0.1) is 0 Å². The van der Waals surface area contributed by atoms with Crippen molar-refractivity contribution >= 4 is 0 Å². The molecular weight excluding hydrogens is 228 g/mol. The molecule has 0 aromatic heterocycles. The van der Waals surface area contributed by atoms with Gasteiger partial charge < -0.3 is 9.84 Å². The molecule has 1 aliphatic carbocycles. The molecule has 4 heteroatoms. The molecule has 0 aromatic rings. The molecule has 1 saturated heterocycles. The van der Waals surface area contributed by atoms with Gasteiger partial charge in [-0.3, -0.25) is 4.90 Å². The van der Waals surface area contributed by atoms with E-state index in [-0.39, 0.29) is 18.6 Å². The first kappa shape index (κ1) is 13.8. The van der Waals surface area contributed by atoms with E-state index in [0.717, 1.165) is 31.9 Å². The minimum Gasteiger partial charge on any atom is -0.395 e. The first-order valence-corrected chi connectivity index (χ1v) is 7.14. The van der Waals surface area contributed by atoms with Crippen LogP contribution in [0.25, 0.3) is 0 Å². The van der Waals surface area contributed by atoms with E-state index >= 15 is 0 Å². The Hall–Kier alpha value is -0.630. The molecule has 1 aliphatic heterocycles. The van der Waals surface area contributed by atoms with E-state index in [1.54, 1.807) is 0 Å². The summed E-state index contributed by atoms with van der Waals surface area (Å²) in [5.74, 6) is 0.863. The van der Waals surface area contributed by atoms with E-state index < -0.39 is 0 Å². The SMILES string of the molecule is CCC1CCC(C#N)C(N2CCOCC2CO)C1. The lowest BCUT2D eigenvalue weighted by Gasteiger charge is -2.45. The van der Waals surface area contributed by atoms with Crippen molar-refractivity contribution in [1.29, 1.82) is 5.26 Å². The van der Waals surface area contributed by atoms with Gasteiger partial charge in [0, 0.05) is 12.6 Å². The summed E-state index contributed by atoms with van der Waals surface area (Å²) in [6, 6.07) is 2.87. The molecule has 4 atom stereocenters. The van der Waals surface area contributed by atoms with E-state index in [1.165, 1.54) is 12.8 Å². The van der Waals surface area contributed by atoms with Crippen molar-refractivity contribution < 1.29 is 9.84 Å². The Balaban J connectivity index is 2.08. The van der Waals surface area contributed by atoms with Crippen LogP contribution in [0.3, 0.4) is 0 Å². The maximum absolute atomic E-state index is 9.47. The summed E-state index contributed by atoms with van der Waals surface area (Å²) in [4.78, 5) is 2.33. The highest BCUT2D eigenvalue weighted by Crippen LogP contribution is 2.35. The Bertz CT molecular complexity index is 303. The second-order valence-corrected chi connectivity index (χ2v) is 5.54. The van der Waals surface area contributed by atoms with E-state index in [2.05, 4.69) is 17.9 Å². The third kappa shape index (κ3) is 2.85. The number of rotatable bonds is 3. The van der Waals surface area contributed by atoms with Gasteiger partial charge in [-0.1, -0.05) is 13.3 Å². The van der Waals surface area contributed by atoms with Crippen LogP contribution in [0.4, 0.5) is 0 Å². The molecule has 0 amide bonds. The molecule has 2 fully saturated rings. The first-order chi connectivity index (χ1) is 8.80. The van der Waals surface area contributed by atoms with Crippen LogP contribution in [0.1, 0.15) is 32.6 Å². The van der Waals surface area contributed by atoms with Crippen molar-refractivity contribution in [1.82, 2.24) is 4.90 Å². The maximum atomic E-state index is 9.47. The standard InChI is InChI=1S/C14H24N2O2/c1-2-11-3-4-12(8-15)14(7-11)16-5-6-18-10-13(16)9-17/h11-14,17H,2-7,9-10H2,1H3. The van der Waals surface area contributed by atoms with Gasteiger partial charge >= 0.3 is 0 Å². The van der Waals surface area contributed by atoms with E-state index in [9.17, 15) is 10.4 Å². The minimum absolute atomic E-state index is 0.0789. The van der Waals surface area contributed by atoms with Crippen LogP contribution in [-0.4, -0.2) is 48.5 Å². The summed E-state index contributed by atoms with van der Waals surface area (Å²) in [6.07, 6.45) is 4.49. The van der Waals surface area contributed by atoms with Crippen molar-refractivity contribution in [3.05, 3.63) is 0 Å². The fourth-order valence-corrected chi connectivity index (χ4v) is 3.38. The first-order valence-electron chi connectivity index (χ1n) is 7.14. The van der Waals surface area contributed by atoms with Gasteiger partial charge in [-0.25, -0.2) is 0 Å². The van der Waals surface area contributed by atoms with Crippen LogP contribution >= 0.6 is 0 Å². The number of nitriles is 1. The average Bonchev–Trinajstić information content (AvgIpc) is 2.46. The van der Waals surface area contributed by atoms with Gasteiger partial charge in [0.05, 0.1) is 37.8 Å². The van der Waals surface area contributed by atoms with Gasteiger partial charge in [0.25, 0.3) is 0 Å². The summed E-state index contributed by atoms with van der Waals surface area (Å²) in [5, 5.41) is 18.8. The molecule has 4 nitrogen and oxygen atoms in total. The number of hydrogen-bond donors (Lipinski definition) is 1. The molecule has 0 radical (unpaired) electrons. The number of aliphatic hydroxyl groups excluding tert-OH is 1. The van der Waals surface area contributed by atoms with E-state index in [1.807, 2.05) is 0 Å². The Kier molecular flexibility index (Phi) is 4.99. The molecule has 1 N–H and O–H groups in total. The number of nitrogens with zero attached hydrogens (tertiary/aromatic N) is 2. The summed E-state index contributed by atoms with van der Waals surface area (Å²) in [6.45, 7) is 4.54. The summed E-state index contributed by atoms with van der Waals surface area (Å²) < 4.78 is 5.43. The molecule has 0 spiro atoms. The highest BCUT2D eigenvalue weighted by atomic mass is 16.5. The van der Waals surface area contributed by atoms with Crippen LogP contribution in [0.2, 0.25) is 0 Å². The van der Waals surface area contributed by atoms with E-state index in [4.69, 9.17) is 4.74 Å². The number of ether oxygens (including phenoxy) is 1. The second-order valence-electron chi connectivity index (χ2n) is 5.54. The van der Waals surface area contributed by atoms with Gasteiger partial charge in [-0.05, 0) is 25.2 Å². The average molecular weight is 252 g/mol. The van der Waals surface area contributed by atoms with Crippen LogP contribution < -0.4 is 0 Å². The third-order valence-electron chi connectivity index (χ3n) is 4.58. The molecule has 1 saturated carbocycles. The fraction of sp³-hybridized carbons (Fsp3) is 0.929. The normalized spacial score (nSPS) is 38.3. The Labute approximate surface area is 110 Å². The van der Waals surface area contributed by atoms with Crippen LogP contribution in [0.5, 0.6) is 0 Å². The molecule has 102 valence electrons. The predicted molar refractivity (Wildman–Crippen MR) is 68.9 cm³/mol. The lowest BCUT2D eigenvalue weighted by Crippen LogP contribution is -2.55. The number of morpholine rings is 1. The number of aliphatic hydroxyl groups is 1. The summed E-state index contributed by atoms with van der Waals surface area (Å²) in [5.41, 5.74) is 0. The number of hydrogen-bond acceptors (Lipinski definition) is 4. The molecule has 2 rings (SSSR count). The lowest BCUT2D eigenvalue weighted by atomic mass is 9.76. The largest absolute Gasteiger partial charge is 0.395 e. The topological polar surface area (TPSA) is 56.5 Å². The van der Waals surface area contributed by atoms with Crippen molar-refractivity contribution in [2.75, 3.05) is 26.4 Å². The monoisotopic (exact) mass is 252 g/mol. The summed E-state index contributed by atoms with van der Waals surface area (Å²) in [7, 11) is 0. The van der Waals surface area contributed by atoms with Gasteiger partial charge in [0.15, 0.2) is 0 Å². The maximum Gasteiger partial charge on any atom is 0.0672 e. The van der Waals surface area contributed by atoms with E-state index in [0.29, 0.717) is 12.6 Å². The van der Waals surface area contributed by atoms with Crippen molar-refractivity contribution in [3.63, 3.8) is 0 Å². The highest BCUT2D eigenvalue weighted by Gasteiger charge is 2.37. The van der Waals surface area contributed by atoms with Crippen LogP contribution in [-0.2, 0) is 4.74 Å². The Morgan fingerprint density at radius 2 is 2.28 bits per heavy atom. The van der Waals surface area contributed by atoms with Gasteiger partial charge in [0.2, 0.25) is 0 Å². The smallest absolute Gasteiger partial charge is 0.0672 e. The quantitative estimate of drug-likeness (QED) is 0.825. The molecular formula is C14H24N2O2. The minimum atomic E-state index is 0.0789. The predicted octanol–water partition coefficient (Wildman–Crippen LogP) is 1.40. The van der Waals surface area contributed by atoms with Gasteiger partial charge in [-0.2, -0.15) is 5.26 Å². The van der Waals surface area contributed by atoms with Crippen molar-refractivity contribution in [2.45, 2.75) is 44.7 Å². The third-order valence-corrected chi connectivity index (χ3v) is 4.58. The summed E-state index contributed by atoms with van der Waals surface area (Å²) >= 11 is 0. The zero-order valence-electron chi connectivity index (χ0n) is 11.2. The van der Waals surface area contributed by atoms with Crippen LogP contribution in [0, 0.1) is 23.2 Å². The molecule has 0 bridgehead atoms. The van der Waals surface area contributed by atoms with Crippen LogP contribution in [0.15, 0.2) is 0 Å². The van der Waals surface area contributed by atoms with Crippen molar-refractivity contribution in [3.8, 4) is 6.07 Å². The fourth-order valence-electron chi connectivity index (χ4n) is 3.38. The zero-order valence-corrected chi connectivity index (χ0v) is 11.2.